The van der Waals surface area contributed by atoms with E-state index in [1.165, 1.54) is 4.90 Å². The van der Waals surface area contributed by atoms with Gasteiger partial charge >= 0.3 is 0 Å². The van der Waals surface area contributed by atoms with Crippen molar-refractivity contribution < 1.29 is 14.7 Å². The van der Waals surface area contributed by atoms with Gasteiger partial charge in [0.2, 0.25) is 5.91 Å². The highest BCUT2D eigenvalue weighted by Crippen LogP contribution is 2.22. The lowest BCUT2D eigenvalue weighted by molar-refractivity contribution is -0.135. The molecule has 176 valence electrons. The molecule has 0 aliphatic rings. The molecule has 1 atom stereocenters. The number of ketones is 1. The van der Waals surface area contributed by atoms with Crippen LogP contribution >= 0.6 is 0 Å². The van der Waals surface area contributed by atoms with Crippen LogP contribution in [0.15, 0.2) is 60.7 Å². The Kier molecular flexibility index (Phi) is 14.4. The van der Waals surface area contributed by atoms with E-state index in [1.54, 1.807) is 20.9 Å². The molecule has 1 unspecified atom stereocenters. The molecule has 5 heteroatoms. The lowest BCUT2D eigenvalue weighted by atomic mass is 9.99. The van der Waals surface area contributed by atoms with Crippen LogP contribution in [0.1, 0.15) is 58.3 Å². The lowest BCUT2D eigenvalue weighted by Gasteiger charge is -2.19. The molecule has 0 saturated carbocycles. The molecule has 1 amide bonds. The monoisotopic (exact) mass is 440 g/mol. The molecule has 0 radical (unpaired) electrons. The van der Waals surface area contributed by atoms with Crippen molar-refractivity contribution in [2.75, 3.05) is 25.6 Å². The summed E-state index contributed by atoms with van der Waals surface area (Å²) in [5, 5.41) is 11.9. The highest BCUT2D eigenvalue weighted by atomic mass is 16.3. The average molecular weight is 441 g/mol. The van der Waals surface area contributed by atoms with Crippen LogP contribution in [0, 0.1) is 5.92 Å². The van der Waals surface area contributed by atoms with Crippen molar-refractivity contribution in [1.29, 1.82) is 0 Å². The number of aliphatic hydroxyl groups excluding tert-OH is 1. The van der Waals surface area contributed by atoms with Gasteiger partial charge in [-0.15, -0.1) is 0 Å². The number of benzene rings is 2. The number of anilines is 1. The second-order valence-electron chi connectivity index (χ2n) is 7.15. The molecule has 0 aromatic heterocycles. The zero-order valence-electron chi connectivity index (χ0n) is 20.7. The molecule has 0 saturated heterocycles. The van der Waals surface area contributed by atoms with Crippen molar-refractivity contribution in [1.82, 2.24) is 4.90 Å². The third-order valence-corrected chi connectivity index (χ3v) is 4.92. The first-order valence-electron chi connectivity index (χ1n) is 11.2. The topological polar surface area (TPSA) is 69.6 Å². The third-order valence-electron chi connectivity index (χ3n) is 4.92. The van der Waals surface area contributed by atoms with E-state index in [9.17, 15) is 9.59 Å². The van der Waals surface area contributed by atoms with Crippen LogP contribution in [-0.4, -0.2) is 42.0 Å². The Labute approximate surface area is 194 Å². The number of rotatable bonds is 8. The number of hydrogen-bond donors (Lipinski definition) is 2. The second kappa shape index (κ2) is 15.8. The first-order chi connectivity index (χ1) is 15.2. The normalized spacial score (nSPS) is 10.5. The standard InChI is InChI=1S/C16H17NO.C9H17NO2.C2H6/c1-3-17-16-10-8-15(9-11-16)14-6-4-13(5-7-14)12(2)18;1-5-7(2)8(3)9(12)10(4)6-11;1-2/h4-11,17H,3H2,1-2H3;8,11H,2,5-6H2,1,3-4H3;1-2H3. The molecule has 0 heterocycles. The van der Waals surface area contributed by atoms with E-state index < -0.39 is 0 Å². The number of aliphatic hydroxyl groups is 1. The predicted molar refractivity (Wildman–Crippen MR) is 136 cm³/mol. The number of carbonyl (C=O) groups excluding carboxylic acids is 2. The van der Waals surface area contributed by atoms with Gasteiger partial charge in [-0.3, -0.25) is 9.59 Å². The maximum atomic E-state index is 11.4. The van der Waals surface area contributed by atoms with Crippen molar-refractivity contribution in [3.05, 3.63) is 66.2 Å². The fourth-order valence-electron chi connectivity index (χ4n) is 2.76. The Morgan fingerprint density at radius 3 is 1.84 bits per heavy atom. The molecule has 32 heavy (non-hydrogen) atoms. The van der Waals surface area contributed by atoms with Gasteiger partial charge in [0.15, 0.2) is 5.78 Å². The summed E-state index contributed by atoms with van der Waals surface area (Å²) in [6, 6.07) is 16.0. The largest absolute Gasteiger partial charge is 0.385 e. The molecule has 2 N–H and O–H groups in total. The summed E-state index contributed by atoms with van der Waals surface area (Å²) in [6.45, 7) is 15.9. The molecule has 2 aromatic carbocycles. The number of nitrogens with zero attached hydrogens (tertiary/aromatic N) is 1. The van der Waals surface area contributed by atoms with E-state index in [0.29, 0.717) is 0 Å². The highest BCUT2D eigenvalue weighted by molar-refractivity contribution is 5.94. The summed E-state index contributed by atoms with van der Waals surface area (Å²) in [5.41, 5.74) is 5.07. The number of carbonyl (C=O) groups is 2. The summed E-state index contributed by atoms with van der Waals surface area (Å²) in [7, 11) is 1.57. The van der Waals surface area contributed by atoms with Crippen LogP contribution in [0.3, 0.4) is 0 Å². The SMILES string of the molecule is C=C(CC)C(C)C(=O)N(C)CO.CC.CCNc1ccc(-c2ccc(C(C)=O)cc2)cc1. The minimum atomic E-state index is -0.236. The lowest BCUT2D eigenvalue weighted by Crippen LogP contribution is -2.32. The van der Waals surface area contributed by atoms with Crippen LogP contribution in [-0.2, 0) is 4.79 Å². The van der Waals surface area contributed by atoms with Gasteiger partial charge < -0.3 is 15.3 Å². The van der Waals surface area contributed by atoms with Crippen molar-refractivity contribution in [2.45, 2.75) is 48.0 Å². The zero-order chi connectivity index (χ0) is 24.7. The Balaban J connectivity index is 0.000000602. The molecule has 0 spiro atoms. The summed E-state index contributed by atoms with van der Waals surface area (Å²) in [4.78, 5) is 23.9. The fourth-order valence-corrected chi connectivity index (χ4v) is 2.76. The van der Waals surface area contributed by atoms with Crippen LogP contribution in [0.25, 0.3) is 11.1 Å². The van der Waals surface area contributed by atoms with Gasteiger partial charge in [0.05, 0.1) is 5.92 Å². The van der Waals surface area contributed by atoms with E-state index in [1.807, 2.05) is 45.0 Å². The van der Waals surface area contributed by atoms with E-state index in [2.05, 4.69) is 43.1 Å². The zero-order valence-corrected chi connectivity index (χ0v) is 20.7. The van der Waals surface area contributed by atoms with Crippen molar-refractivity contribution >= 4 is 17.4 Å². The van der Waals surface area contributed by atoms with Crippen molar-refractivity contribution in [3.8, 4) is 11.1 Å². The highest BCUT2D eigenvalue weighted by Gasteiger charge is 2.18. The fraction of sp³-hybridized carbons (Fsp3) is 0.407. The van der Waals surface area contributed by atoms with Crippen molar-refractivity contribution in [3.63, 3.8) is 0 Å². The van der Waals surface area contributed by atoms with E-state index >= 15 is 0 Å². The summed E-state index contributed by atoms with van der Waals surface area (Å²) >= 11 is 0. The van der Waals surface area contributed by atoms with Gasteiger partial charge in [-0.05, 0) is 50.5 Å². The number of Topliss-reactive ketones (excluding diaryl/α,β-unsaturated/α-hetero) is 1. The van der Waals surface area contributed by atoms with Crippen LogP contribution in [0.5, 0.6) is 0 Å². The number of nitrogens with one attached hydrogen (secondary N) is 1. The summed E-state index contributed by atoms with van der Waals surface area (Å²) < 4.78 is 0. The van der Waals surface area contributed by atoms with Crippen LogP contribution in [0.2, 0.25) is 0 Å². The Morgan fingerprint density at radius 2 is 1.47 bits per heavy atom. The molecule has 2 aromatic rings. The van der Waals surface area contributed by atoms with E-state index in [0.717, 1.165) is 40.9 Å². The molecular formula is C27H40N2O3. The smallest absolute Gasteiger partial charge is 0.231 e. The molecular weight excluding hydrogens is 400 g/mol. The Bertz CT molecular complexity index is 827. The van der Waals surface area contributed by atoms with Gasteiger partial charge in [0.1, 0.15) is 6.73 Å². The van der Waals surface area contributed by atoms with Crippen molar-refractivity contribution in [2.24, 2.45) is 5.92 Å². The Morgan fingerprint density at radius 1 is 1.00 bits per heavy atom. The summed E-state index contributed by atoms with van der Waals surface area (Å²) in [5.74, 6) is -0.166. The van der Waals surface area contributed by atoms with Crippen LogP contribution in [0.4, 0.5) is 5.69 Å². The maximum Gasteiger partial charge on any atom is 0.231 e. The quantitative estimate of drug-likeness (QED) is 0.299. The van der Waals surface area contributed by atoms with Gasteiger partial charge in [0.25, 0.3) is 0 Å². The molecule has 0 fully saturated rings. The van der Waals surface area contributed by atoms with Gasteiger partial charge in [-0.1, -0.05) is 69.3 Å². The van der Waals surface area contributed by atoms with E-state index in [-0.39, 0.29) is 24.3 Å². The molecule has 0 aliphatic carbocycles. The van der Waals surface area contributed by atoms with Gasteiger partial charge in [0, 0.05) is 24.8 Å². The third kappa shape index (κ3) is 9.48. The first-order valence-corrected chi connectivity index (χ1v) is 11.2. The second-order valence-corrected chi connectivity index (χ2v) is 7.15. The minimum Gasteiger partial charge on any atom is -0.385 e. The molecule has 0 aliphatic heterocycles. The molecule has 2 rings (SSSR count). The number of amides is 1. The first kappa shape index (κ1) is 29.1. The maximum absolute atomic E-state index is 11.4. The van der Waals surface area contributed by atoms with Crippen LogP contribution < -0.4 is 5.32 Å². The number of hydrogen-bond acceptors (Lipinski definition) is 4. The Hall–Kier alpha value is -2.92. The van der Waals surface area contributed by atoms with E-state index in [4.69, 9.17) is 5.11 Å². The van der Waals surface area contributed by atoms with Gasteiger partial charge in [-0.2, -0.15) is 0 Å². The van der Waals surface area contributed by atoms with Gasteiger partial charge in [-0.25, -0.2) is 0 Å². The predicted octanol–water partition coefficient (Wildman–Crippen LogP) is 6.01. The minimum absolute atomic E-state index is 0.0793. The average Bonchev–Trinajstić information content (AvgIpc) is 2.84. The molecule has 5 nitrogen and oxygen atoms in total. The molecule has 0 bridgehead atoms. The summed E-state index contributed by atoms with van der Waals surface area (Å²) in [6.07, 6.45) is 0.798.